The maximum Gasteiger partial charge on any atom is 0.407 e. The Balaban J connectivity index is 0.967. The van der Waals surface area contributed by atoms with E-state index in [0.29, 0.717) is 54.2 Å². The normalized spacial score (nSPS) is 19.6. The molecule has 0 radical (unpaired) electrons. The molecule has 352 valence electrons. The van der Waals surface area contributed by atoms with Gasteiger partial charge in [0.2, 0.25) is 11.8 Å². The Morgan fingerprint density at radius 3 is 1.87 bits per heavy atom. The van der Waals surface area contributed by atoms with Crippen LogP contribution in [0.5, 0.6) is 0 Å². The van der Waals surface area contributed by atoms with Gasteiger partial charge in [-0.05, 0) is 103 Å². The molecule has 2 saturated heterocycles. The van der Waals surface area contributed by atoms with Crippen molar-refractivity contribution in [1.82, 2.24) is 45.6 Å². The van der Waals surface area contributed by atoms with Gasteiger partial charge in [-0.15, -0.1) is 21.5 Å². The fourth-order valence-corrected chi connectivity index (χ4v) is 12.2. The molecule has 9 rings (SSSR count). The van der Waals surface area contributed by atoms with Crippen molar-refractivity contribution >= 4 is 46.2 Å². The van der Waals surface area contributed by atoms with Crippen LogP contribution in [-0.4, -0.2) is 98.3 Å². The minimum Gasteiger partial charge on any atom is -0.453 e. The second-order valence-corrected chi connectivity index (χ2v) is 20.4. The smallest absolute Gasteiger partial charge is 0.407 e. The number of benzene rings is 2. The minimum atomic E-state index is -0.774. The lowest BCUT2D eigenvalue weighted by atomic mass is 9.83. The summed E-state index contributed by atoms with van der Waals surface area (Å²) in [7, 11) is 2.55. The van der Waals surface area contributed by atoms with Gasteiger partial charge in [0.05, 0.1) is 43.4 Å². The Morgan fingerprint density at radius 2 is 1.30 bits per heavy atom. The number of carbonyl (C=O) groups excluding carboxylic acids is 4. The predicted octanol–water partition coefficient (Wildman–Crippen LogP) is 7.92. The van der Waals surface area contributed by atoms with Crippen molar-refractivity contribution in [3.05, 3.63) is 81.8 Å². The van der Waals surface area contributed by atoms with Crippen molar-refractivity contribution in [3.8, 4) is 32.1 Å². The highest BCUT2D eigenvalue weighted by molar-refractivity contribution is 7.19. The molecule has 1 spiro atoms. The molecule has 3 N–H and O–H groups in total. The summed E-state index contributed by atoms with van der Waals surface area (Å²) in [6, 6.07) is 12.1. The van der Waals surface area contributed by atoms with Gasteiger partial charge in [-0.1, -0.05) is 70.9 Å². The highest BCUT2D eigenvalue weighted by Crippen LogP contribution is 2.56. The topological polar surface area (TPSA) is 202 Å². The standard InChI is InChI=1S/C50H59N9O7S/c1-27(2)39(53-48(63)65-5)46(61)58-21-9-11-37(58)43-51-26-36(56-57-43)29-13-15-30(16-14-29)41-33-24-50(19-7-8-20-50)25-34(33)42(67-41)31-17-18-35-32(23-31)45(60)55-44(52-35)38-12-10-22-59(38)47(62)40(28(3)4)54-49(64)66-6/h13-18,23,26-28,37-40H,7-12,19-22,24-25H2,1-6H3,(H,53,63)(H,54,64)(H,52,55,60). The molecule has 0 bridgehead atoms. The van der Waals surface area contributed by atoms with E-state index in [0.717, 1.165) is 42.4 Å². The van der Waals surface area contributed by atoms with Crippen molar-refractivity contribution in [3.63, 3.8) is 0 Å². The zero-order valence-corrected chi connectivity index (χ0v) is 39.8. The number of rotatable bonds is 11. The van der Waals surface area contributed by atoms with Crippen LogP contribution < -0.4 is 16.2 Å². The number of hydrogen-bond donors (Lipinski definition) is 3. The molecule has 3 aromatic heterocycles. The first-order chi connectivity index (χ1) is 32.3. The fourth-order valence-electron chi connectivity index (χ4n) is 10.8. The predicted molar refractivity (Wildman–Crippen MR) is 254 cm³/mol. The van der Waals surface area contributed by atoms with E-state index in [2.05, 4.69) is 56.1 Å². The number of nitrogens with one attached hydrogen (secondary N) is 3. The largest absolute Gasteiger partial charge is 0.453 e. The summed E-state index contributed by atoms with van der Waals surface area (Å²) in [6.45, 7) is 8.55. The summed E-state index contributed by atoms with van der Waals surface area (Å²) in [5.41, 5.74) is 6.95. The minimum absolute atomic E-state index is 0.140. The third kappa shape index (κ3) is 8.89. The van der Waals surface area contributed by atoms with Crippen LogP contribution in [0.15, 0.2) is 53.5 Å². The molecule has 16 nitrogen and oxygen atoms in total. The lowest BCUT2D eigenvalue weighted by molar-refractivity contribution is -0.136. The molecule has 4 aliphatic rings. The summed E-state index contributed by atoms with van der Waals surface area (Å²) < 4.78 is 9.56. The first-order valence-electron chi connectivity index (χ1n) is 23.6. The van der Waals surface area contributed by atoms with Crippen LogP contribution in [0, 0.1) is 17.3 Å². The molecular formula is C50H59N9O7S. The van der Waals surface area contributed by atoms with Gasteiger partial charge < -0.3 is 34.9 Å². The lowest BCUT2D eigenvalue weighted by Gasteiger charge is -2.30. The lowest BCUT2D eigenvalue weighted by Crippen LogP contribution is -2.51. The first kappa shape index (κ1) is 45.9. The Morgan fingerprint density at radius 1 is 0.746 bits per heavy atom. The molecule has 4 unspecified atom stereocenters. The molecule has 17 heteroatoms. The first-order valence-corrected chi connectivity index (χ1v) is 24.4. The van der Waals surface area contributed by atoms with Gasteiger partial charge in [-0.2, -0.15) is 0 Å². The van der Waals surface area contributed by atoms with E-state index in [-0.39, 0.29) is 40.7 Å². The summed E-state index contributed by atoms with van der Waals surface area (Å²) in [5.74, 6) is 0.183. The molecule has 2 aromatic carbocycles. The number of methoxy groups -OCH3 is 2. The van der Waals surface area contributed by atoms with Crippen molar-refractivity contribution in [2.45, 2.75) is 116 Å². The van der Waals surface area contributed by atoms with Gasteiger partial charge in [-0.25, -0.2) is 19.6 Å². The third-order valence-electron chi connectivity index (χ3n) is 14.4. The fraction of sp³-hybridized carbons (Fsp3) is 0.500. The molecule has 2 aliphatic carbocycles. The zero-order chi connectivity index (χ0) is 47.1. The van der Waals surface area contributed by atoms with Crippen LogP contribution >= 0.6 is 11.3 Å². The van der Waals surface area contributed by atoms with Gasteiger partial charge in [0.15, 0.2) is 5.82 Å². The quantitative estimate of drug-likeness (QED) is 0.116. The van der Waals surface area contributed by atoms with Crippen molar-refractivity contribution in [2.75, 3.05) is 27.3 Å². The van der Waals surface area contributed by atoms with Crippen LogP contribution in [0.25, 0.3) is 43.0 Å². The molecule has 1 saturated carbocycles. The number of hydrogen-bond acceptors (Lipinski definition) is 12. The van der Waals surface area contributed by atoms with Gasteiger partial charge in [-0.3, -0.25) is 14.4 Å². The molecular weight excluding hydrogens is 871 g/mol. The maximum atomic E-state index is 14.0. The zero-order valence-electron chi connectivity index (χ0n) is 39.0. The second-order valence-electron chi connectivity index (χ2n) is 19.3. The van der Waals surface area contributed by atoms with Crippen molar-refractivity contribution < 1.29 is 28.7 Å². The van der Waals surface area contributed by atoms with Crippen molar-refractivity contribution in [1.29, 1.82) is 0 Å². The van der Waals surface area contributed by atoms with Gasteiger partial charge in [0.1, 0.15) is 23.6 Å². The number of aromatic amines is 1. The molecule has 5 heterocycles. The maximum absolute atomic E-state index is 14.0. The van der Waals surface area contributed by atoms with E-state index in [4.69, 9.17) is 19.4 Å². The average molecular weight is 930 g/mol. The third-order valence-corrected chi connectivity index (χ3v) is 15.7. The number of ether oxygens (including phenoxy) is 2. The van der Waals surface area contributed by atoms with E-state index in [1.165, 1.54) is 60.8 Å². The monoisotopic (exact) mass is 929 g/mol. The van der Waals surface area contributed by atoms with Crippen LogP contribution in [0.4, 0.5) is 9.59 Å². The van der Waals surface area contributed by atoms with E-state index < -0.39 is 30.3 Å². The highest BCUT2D eigenvalue weighted by Gasteiger charge is 2.44. The van der Waals surface area contributed by atoms with E-state index >= 15 is 0 Å². The van der Waals surface area contributed by atoms with Gasteiger partial charge >= 0.3 is 12.2 Å². The molecule has 3 fully saturated rings. The average Bonchev–Trinajstić information content (AvgIpc) is 4.20. The summed E-state index contributed by atoms with van der Waals surface area (Å²) in [5, 5.41) is 15.0. The number of carbonyl (C=O) groups is 4. The highest BCUT2D eigenvalue weighted by atomic mass is 32.1. The molecule has 2 aliphatic heterocycles. The van der Waals surface area contributed by atoms with E-state index in [1.54, 1.807) is 27.3 Å². The van der Waals surface area contributed by atoms with Crippen LogP contribution in [0.1, 0.15) is 114 Å². The summed E-state index contributed by atoms with van der Waals surface area (Å²) in [6.07, 6.45) is 10.2. The van der Waals surface area contributed by atoms with Gasteiger partial charge in [0.25, 0.3) is 5.56 Å². The van der Waals surface area contributed by atoms with Crippen molar-refractivity contribution in [2.24, 2.45) is 17.3 Å². The van der Waals surface area contributed by atoms with Gasteiger partial charge in [0, 0.05) is 28.4 Å². The van der Waals surface area contributed by atoms with Crippen LogP contribution in [0.2, 0.25) is 0 Å². The Bertz CT molecular complexity index is 2750. The SMILES string of the molecule is COC(=O)NC(C(=O)N1CCCC1c1ncc(-c2ccc(-c3sc(-c4ccc5nc(C6CCCN6C(=O)C(NC(=O)OC)C(C)C)[nH]c(=O)c5c4)c4c3CC3(CCCC3)C4)cc2)nn1)C(C)C. The number of nitrogens with zero attached hydrogens (tertiary/aromatic N) is 6. The number of likely N-dealkylation sites (tertiary alicyclic amines) is 2. The molecule has 4 amide bonds. The molecule has 4 atom stereocenters. The van der Waals surface area contributed by atoms with E-state index in [1.807, 2.05) is 39.8 Å². The van der Waals surface area contributed by atoms with E-state index in [9.17, 15) is 24.0 Å². The Kier molecular flexibility index (Phi) is 12.9. The second kappa shape index (κ2) is 18.8. The number of H-pyrrole nitrogens is 1. The Hall–Kier alpha value is -6.23. The molecule has 67 heavy (non-hydrogen) atoms. The number of fused-ring (bicyclic) bond motifs is 2. The number of aromatic nitrogens is 5. The Labute approximate surface area is 393 Å². The number of amides is 4. The van der Waals surface area contributed by atoms with Crippen LogP contribution in [0.3, 0.4) is 0 Å². The summed E-state index contributed by atoms with van der Waals surface area (Å²) >= 11 is 1.77. The number of thiophene rings is 1. The van der Waals surface area contributed by atoms with Crippen LogP contribution in [-0.2, 0) is 31.9 Å². The number of alkyl carbamates (subject to hydrolysis) is 2. The molecule has 5 aromatic rings. The summed E-state index contributed by atoms with van der Waals surface area (Å²) in [4.78, 5) is 84.1.